The molecule has 0 saturated carbocycles. The van der Waals surface area contributed by atoms with Crippen molar-refractivity contribution in [3.05, 3.63) is 48.5 Å². The SMILES string of the molecule is CC(NC(C)c1ccc(-n2ccnc2)cc1)C(N)=O. The first kappa shape index (κ1) is 13.3. The summed E-state index contributed by atoms with van der Waals surface area (Å²) >= 11 is 0. The van der Waals surface area contributed by atoms with E-state index < -0.39 is 0 Å². The van der Waals surface area contributed by atoms with Gasteiger partial charge in [-0.05, 0) is 31.5 Å². The van der Waals surface area contributed by atoms with E-state index in [-0.39, 0.29) is 18.0 Å². The van der Waals surface area contributed by atoms with Crippen LogP contribution in [0, 0.1) is 0 Å². The molecule has 1 amide bonds. The highest BCUT2D eigenvalue weighted by atomic mass is 16.1. The summed E-state index contributed by atoms with van der Waals surface area (Å²) in [6, 6.07) is 7.82. The molecule has 2 unspecified atom stereocenters. The van der Waals surface area contributed by atoms with Gasteiger partial charge < -0.3 is 10.3 Å². The lowest BCUT2D eigenvalue weighted by atomic mass is 10.1. The molecule has 0 aliphatic rings. The Kier molecular flexibility index (Phi) is 3.97. The zero-order valence-electron chi connectivity index (χ0n) is 11.1. The molecule has 0 spiro atoms. The molecule has 100 valence electrons. The Morgan fingerprint density at radius 1 is 1.32 bits per heavy atom. The first-order valence-corrected chi connectivity index (χ1v) is 6.21. The molecule has 0 fully saturated rings. The maximum Gasteiger partial charge on any atom is 0.234 e. The second kappa shape index (κ2) is 5.67. The van der Waals surface area contributed by atoms with Crippen LogP contribution in [0.4, 0.5) is 0 Å². The molecule has 19 heavy (non-hydrogen) atoms. The van der Waals surface area contributed by atoms with E-state index in [1.54, 1.807) is 19.4 Å². The summed E-state index contributed by atoms with van der Waals surface area (Å²) in [6.07, 6.45) is 5.39. The van der Waals surface area contributed by atoms with Crippen LogP contribution in [0.3, 0.4) is 0 Å². The van der Waals surface area contributed by atoms with Crippen molar-refractivity contribution in [2.45, 2.75) is 25.9 Å². The number of primary amides is 1. The van der Waals surface area contributed by atoms with Crippen molar-refractivity contribution in [1.82, 2.24) is 14.9 Å². The van der Waals surface area contributed by atoms with Crippen LogP contribution in [-0.4, -0.2) is 21.5 Å². The molecule has 0 aliphatic heterocycles. The van der Waals surface area contributed by atoms with E-state index in [1.807, 2.05) is 42.0 Å². The van der Waals surface area contributed by atoms with Crippen LogP contribution in [0.1, 0.15) is 25.5 Å². The summed E-state index contributed by atoms with van der Waals surface area (Å²) in [5.41, 5.74) is 7.40. The molecule has 1 aromatic heterocycles. The van der Waals surface area contributed by atoms with E-state index in [0.717, 1.165) is 11.3 Å². The number of carbonyl (C=O) groups excluding carboxylic acids is 1. The second-order valence-corrected chi connectivity index (χ2v) is 4.57. The molecule has 0 aliphatic carbocycles. The van der Waals surface area contributed by atoms with Crippen molar-refractivity contribution in [3.8, 4) is 5.69 Å². The Labute approximate surface area is 112 Å². The van der Waals surface area contributed by atoms with Crippen LogP contribution in [0.5, 0.6) is 0 Å². The smallest absolute Gasteiger partial charge is 0.234 e. The second-order valence-electron chi connectivity index (χ2n) is 4.57. The van der Waals surface area contributed by atoms with Gasteiger partial charge in [0.1, 0.15) is 0 Å². The van der Waals surface area contributed by atoms with Gasteiger partial charge in [-0.2, -0.15) is 0 Å². The summed E-state index contributed by atoms with van der Waals surface area (Å²) < 4.78 is 1.94. The van der Waals surface area contributed by atoms with Gasteiger partial charge in [0, 0.05) is 24.1 Å². The molecule has 0 bridgehead atoms. The Morgan fingerprint density at radius 2 is 2.00 bits per heavy atom. The predicted octanol–water partition coefficient (Wildman–Crippen LogP) is 1.40. The highest BCUT2D eigenvalue weighted by molar-refractivity contribution is 5.79. The number of nitrogens with two attached hydrogens (primary N) is 1. The molecule has 3 N–H and O–H groups in total. The topological polar surface area (TPSA) is 72.9 Å². The van der Waals surface area contributed by atoms with Gasteiger partial charge in [-0.3, -0.25) is 10.1 Å². The van der Waals surface area contributed by atoms with Crippen molar-refractivity contribution < 1.29 is 4.79 Å². The van der Waals surface area contributed by atoms with Crippen LogP contribution in [0.2, 0.25) is 0 Å². The molecule has 2 rings (SSSR count). The Hall–Kier alpha value is -2.14. The average Bonchev–Trinajstić information content (AvgIpc) is 2.92. The molecule has 2 aromatic rings. The van der Waals surface area contributed by atoms with E-state index in [4.69, 9.17) is 5.73 Å². The quantitative estimate of drug-likeness (QED) is 0.851. The van der Waals surface area contributed by atoms with Crippen LogP contribution >= 0.6 is 0 Å². The molecule has 1 heterocycles. The number of rotatable bonds is 5. The largest absolute Gasteiger partial charge is 0.368 e. The third-order valence-corrected chi connectivity index (χ3v) is 3.12. The zero-order valence-corrected chi connectivity index (χ0v) is 11.1. The number of aromatic nitrogens is 2. The summed E-state index contributed by atoms with van der Waals surface area (Å²) in [7, 11) is 0. The van der Waals surface area contributed by atoms with Crippen molar-refractivity contribution in [2.24, 2.45) is 5.73 Å². The van der Waals surface area contributed by atoms with Gasteiger partial charge in [0.05, 0.1) is 12.4 Å². The normalized spacial score (nSPS) is 14.0. The van der Waals surface area contributed by atoms with E-state index >= 15 is 0 Å². The highest BCUT2D eigenvalue weighted by Crippen LogP contribution is 2.16. The Bertz CT molecular complexity index is 533. The van der Waals surface area contributed by atoms with E-state index in [0.29, 0.717) is 0 Å². The van der Waals surface area contributed by atoms with E-state index in [2.05, 4.69) is 10.3 Å². The van der Waals surface area contributed by atoms with Gasteiger partial charge in [0.15, 0.2) is 0 Å². The fourth-order valence-electron chi connectivity index (χ4n) is 1.90. The summed E-state index contributed by atoms with van der Waals surface area (Å²) in [5, 5.41) is 3.16. The van der Waals surface area contributed by atoms with Crippen molar-refractivity contribution in [2.75, 3.05) is 0 Å². The molecule has 5 heteroatoms. The molecule has 2 atom stereocenters. The number of benzene rings is 1. The first-order chi connectivity index (χ1) is 9.08. The van der Waals surface area contributed by atoms with Crippen LogP contribution in [-0.2, 0) is 4.79 Å². The number of carbonyl (C=O) groups is 1. The van der Waals surface area contributed by atoms with E-state index in [9.17, 15) is 4.79 Å². The molecule has 5 nitrogen and oxygen atoms in total. The standard InChI is InChI=1S/C14H18N4O/c1-10(17-11(2)14(15)19)12-3-5-13(6-4-12)18-8-7-16-9-18/h3-11,17H,1-2H3,(H2,15,19). The summed E-state index contributed by atoms with van der Waals surface area (Å²) in [5.74, 6) is -0.345. The van der Waals surface area contributed by atoms with Crippen molar-refractivity contribution in [1.29, 1.82) is 0 Å². The zero-order chi connectivity index (χ0) is 13.8. The van der Waals surface area contributed by atoms with Gasteiger partial charge in [-0.25, -0.2) is 4.98 Å². The number of nitrogens with zero attached hydrogens (tertiary/aromatic N) is 2. The minimum absolute atomic E-state index is 0.0688. The fraction of sp³-hybridized carbons (Fsp3) is 0.286. The summed E-state index contributed by atoms with van der Waals surface area (Å²) in [6.45, 7) is 3.77. The lowest BCUT2D eigenvalue weighted by Gasteiger charge is -2.18. The van der Waals surface area contributed by atoms with Crippen molar-refractivity contribution >= 4 is 5.91 Å². The molecule has 0 saturated heterocycles. The molecule has 0 radical (unpaired) electrons. The number of imidazole rings is 1. The van der Waals surface area contributed by atoms with Crippen LogP contribution in [0.25, 0.3) is 5.69 Å². The van der Waals surface area contributed by atoms with Crippen LogP contribution in [0.15, 0.2) is 43.0 Å². The maximum absolute atomic E-state index is 11.0. The average molecular weight is 258 g/mol. The molecular formula is C14H18N4O. The van der Waals surface area contributed by atoms with Gasteiger partial charge in [0.25, 0.3) is 0 Å². The molecular weight excluding hydrogens is 240 g/mol. The first-order valence-electron chi connectivity index (χ1n) is 6.21. The minimum Gasteiger partial charge on any atom is -0.368 e. The monoisotopic (exact) mass is 258 g/mol. The van der Waals surface area contributed by atoms with E-state index in [1.165, 1.54) is 0 Å². The van der Waals surface area contributed by atoms with Gasteiger partial charge in [0.2, 0.25) is 5.91 Å². The maximum atomic E-state index is 11.0. The highest BCUT2D eigenvalue weighted by Gasteiger charge is 2.13. The van der Waals surface area contributed by atoms with Crippen LogP contribution < -0.4 is 11.1 Å². The van der Waals surface area contributed by atoms with Gasteiger partial charge in [-0.1, -0.05) is 12.1 Å². The fourth-order valence-corrected chi connectivity index (χ4v) is 1.90. The minimum atomic E-state index is -0.345. The predicted molar refractivity (Wildman–Crippen MR) is 73.8 cm³/mol. The summed E-state index contributed by atoms with van der Waals surface area (Å²) in [4.78, 5) is 15.0. The number of hydrogen-bond acceptors (Lipinski definition) is 3. The van der Waals surface area contributed by atoms with Crippen molar-refractivity contribution in [3.63, 3.8) is 0 Å². The Balaban J connectivity index is 2.08. The van der Waals surface area contributed by atoms with Gasteiger partial charge >= 0.3 is 0 Å². The lowest BCUT2D eigenvalue weighted by Crippen LogP contribution is -2.39. The lowest BCUT2D eigenvalue weighted by molar-refractivity contribution is -0.119. The number of amides is 1. The third-order valence-electron chi connectivity index (χ3n) is 3.12. The third kappa shape index (κ3) is 3.20. The Morgan fingerprint density at radius 3 is 2.53 bits per heavy atom. The molecule has 1 aromatic carbocycles. The number of hydrogen-bond donors (Lipinski definition) is 2. The number of nitrogens with one attached hydrogen (secondary N) is 1. The van der Waals surface area contributed by atoms with Gasteiger partial charge in [-0.15, -0.1) is 0 Å².